The van der Waals surface area contributed by atoms with E-state index < -0.39 is 30.3 Å². The molecule has 0 saturated carbocycles. The molecule has 172 valence electrons. The molecule has 1 atom stereocenters. The maximum atomic E-state index is 12.9. The lowest BCUT2D eigenvalue weighted by Gasteiger charge is -2.19. The van der Waals surface area contributed by atoms with Crippen LogP contribution in [0.4, 0.5) is 5.69 Å². The number of hydrogen-bond acceptors (Lipinski definition) is 6. The lowest BCUT2D eigenvalue weighted by Crippen LogP contribution is -2.43. The van der Waals surface area contributed by atoms with Crippen LogP contribution in [0.15, 0.2) is 78.9 Å². The maximum absolute atomic E-state index is 12.9. The fourth-order valence-electron chi connectivity index (χ4n) is 3.45. The fourth-order valence-corrected chi connectivity index (χ4v) is 3.45. The molecule has 1 aliphatic rings. The first-order valence-electron chi connectivity index (χ1n) is 10.7. The van der Waals surface area contributed by atoms with Gasteiger partial charge in [-0.2, -0.15) is 0 Å². The van der Waals surface area contributed by atoms with Gasteiger partial charge in [-0.1, -0.05) is 48.5 Å². The van der Waals surface area contributed by atoms with Crippen molar-refractivity contribution in [2.75, 3.05) is 18.5 Å². The highest BCUT2D eigenvalue weighted by Gasteiger charge is 2.25. The molecule has 2 N–H and O–H groups in total. The van der Waals surface area contributed by atoms with Crippen LogP contribution in [-0.4, -0.2) is 42.8 Å². The van der Waals surface area contributed by atoms with Crippen molar-refractivity contribution in [2.24, 2.45) is 0 Å². The largest absolute Gasteiger partial charge is 0.482 e. The average Bonchev–Trinajstić information content (AvgIpc) is 2.87. The van der Waals surface area contributed by atoms with Gasteiger partial charge in [-0.25, -0.2) is 4.79 Å². The third kappa shape index (κ3) is 5.66. The molecular weight excluding hydrogens is 436 g/mol. The standard InChI is InChI=1S/C26H22N2O6/c29-22(19-11-12-23-20(14-19)27-24(30)16-33-23)15-34-26(32)21(13-17-7-3-1-4-8-17)28-25(31)18-9-5-2-6-10-18/h1-12,14,21H,13,15-16H2,(H,27,30)(H,28,31). The van der Waals surface area contributed by atoms with Crippen LogP contribution in [0.1, 0.15) is 26.3 Å². The van der Waals surface area contributed by atoms with Gasteiger partial charge in [0.15, 0.2) is 19.0 Å². The van der Waals surface area contributed by atoms with E-state index in [1.807, 2.05) is 30.3 Å². The summed E-state index contributed by atoms with van der Waals surface area (Å²) in [4.78, 5) is 49.6. The number of ketones is 1. The summed E-state index contributed by atoms with van der Waals surface area (Å²) in [6, 6.07) is 21.3. The number of ether oxygens (including phenoxy) is 2. The second kappa shape index (κ2) is 10.4. The summed E-state index contributed by atoms with van der Waals surface area (Å²) >= 11 is 0. The molecule has 0 saturated heterocycles. The third-order valence-corrected chi connectivity index (χ3v) is 5.19. The Labute approximate surface area is 195 Å². The minimum Gasteiger partial charge on any atom is -0.482 e. The lowest BCUT2D eigenvalue weighted by atomic mass is 10.1. The van der Waals surface area contributed by atoms with Crippen molar-refractivity contribution < 1.29 is 28.7 Å². The number of benzene rings is 3. The van der Waals surface area contributed by atoms with Gasteiger partial charge in [-0.15, -0.1) is 0 Å². The molecule has 2 amide bonds. The molecule has 3 aromatic rings. The van der Waals surface area contributed by atoms with E-state index in [-0.39, 0.29) is 24.5 Å². The van der Waals surface area contributed by atoms with E-state index in [0.717, 1.165) is 5.56 Å². The number of carbonyl (C=O) groups is 4. The van der Waals surface area contributed by atoms with Gasteiger partial charge in [0.25, 0.3) is 11.8 Å². The fraction of sp³-hybridized carbons (Fsp3) is 0.154. The number of rotatable bonds is 8. The van der Waals surface area contributed by atoms with Crippen LogP contribution < -0.4 is 15.4 Å². The Hall–Kier alpha value is -4.46. The number of Topliss-reactive ketones (excluding diaryl/α,β-unsaturated/α-hetero) is 1. The number of nitrogens with one attached hydrogen (secondary N) is 2. The summed E-state index contributed by atoms with van der Waals surface area (Å²) < 4.78 is 10.6. The van der Waals surface area contributed by atoms with Crippen molar-refractivity contribution in [1.82, 2.24) is 5.32 Å². The highest BCUT2D eigenvalue weighted by atomic mass is 16.5. The number of hydrogen-bond donors (Lipinski definition) is 2. The van der Waals surface area contributed by atoms with Gasteiger partial charge in [-0.05, 0) is 35.9 Å². The number of anilines is 1. The number of esters is 1. The van der Waals surface area contributed by atoms with Crippen molar-refractivity contribution in [2.45, 2.75) is 12.5 Å². The first kappa shape index (κ1) is 22.7. The van der Waals surface area contributed by atoms with Crippen LogP contribution in [0.3, 0.4) is 0 Å². The highest BCUT2D eigenvalue weighted by molar-refractivity contribution is 6.02. The second-order valence-corrected chi connectivity index (χ2v) is 7.66. The zero-order valence-electron chi connectivity index (χ0n) is 18.2. The Morgan fingerprint density at radius 1 is 0.941 bits per heavy atom. The summed E-state index contributed by atoms with van der Waals surface area (Å²) in [6.07, 6.45) is 0.203. The Morgan fingerprint density at radius 3 is 2.38 bits per heavy atom. The Kier molecular flexibility index (Phi) is 6.98. The molecule has 8 heteroatoms. The van der Waals surface area contributed by atoms with Crippen molar-refractivity contribution >= 4 is 29.3 Å². The van der Waals surface area contributed by atoms with E-state index in [1.54, 1.807) is 36.4 Å². The molecule has 0 aromatic heterocycles. The summed E-state index contributed by atoms with van der Waals surface area (Å²) in [6.45, 7) is -0.603. The van der Waals surface area contributed by atoms with Crippen LogP contribution >= 0.6 is 0 Å². The van der Waals surface area contributed by atoms with Crippen LogP contribution in [0.5, 0.6) is 5.75 Å². The second-order valence-electron chi connectivity index (χ2n) is 7.66. The first-order chi connectivity index (χ1) is 16.5. The Bertz CT molecular complexity index is 1210. The number of fused-ring (bicyclic) bond motifs is 1. The Morgan fingerprint density at radius 2 is 1.65 bits per heavy atom. The summed E-state index contributed by atoms with van der Waals surface area (Å²) in [5.41, 5.74) is 1.87. The topological polar surface area (TPSA) is 111 Å². The minimum atomic E-state index is -0.987. The van der Waals surface area contributed by atoms with Gasteiger partial charge in [0, 0.05) is 17.5 Å². The molecule has 3 aromatic carbocycles. The van der Waals surface area contributed by atoms with Crippen molar-refractivity contribution in [3.8, 4) is 5.75 Å². The molecule has 4 rings (SSSR count). The summed E-state index contributed by atoms with van der Waals surface area (Å²) in [7, 11) is 0. The van der Waals surface area contributed by atoms with Gasteiger partial charge in [0.1, 0.15) is 11.8 Å². The molecule has 8 nitrogen and oxygen atoms in total. The molecule has 1 heterocycles. The highest BCUT2D eigenvalue weighted by Crippen LogP contribution is 2.28. The van der Waals surface area contributed by atoms with Gasteiger partial charge in [-0.3, -0.25) is 14.4 Å². The lowest BCUT2D eigenvalue weighted by molar-refractivity contribution is -0.144. The van der Waals surface area contributed by atoms with Crippen molar-refractivity contribution in [3.63, 3.8) is 0 Å². The van der Waals surface area contributed by atoms with E-state index >= 15 is 0 Å². The molecule has 0 spiro atoms. The van der Waals surface area contributed by atoms with E-state index in [2.05, 4.69) is 10.6 Å². The minimum absolute atomic E-state index is 0.0879. The zero-order valence-corrected chi connectivity index (χ0v) is 18.2. The first-order valence-corrected chi connectivity index (χ1v) is 10.7. The molecule has 0 bridgehead atoms. The van der Waals surface area contributed by atoms with Crippen LogP contribution in [0.25, 0.3) is 0 Å². The van der Waals surface area contributed by atoms with Gasteiger partial charge in [0.2, 0.25) is 0 Å². The predicted octanol–water partition coefficient (Wildman–Crippen LogP) is 2.78. The average molecular weight is 458 g/mol. The predicted molar refractivity (Wildman–Crippen MR) is 124 cm³/mol. The zero-order chi connectivity index (χ0) is 23.9. The quantitative estimate of drug-likeness (QED) is 0.397. The normalized spacial score (nSPS) is 13.0. The number of carbonyl (C=O) groups excluding carboxylic acids is 4. The van der Waals surface area contributed by atoms with Crippen LogP contribution in [0.2, 0.25) is 0 Å². The van der Waals surface area contributed by atoms with Crippen molar-refractivity contribution in [1.29, 1.82) is 0 Å². The molecule has 1 aliphatic heterocycles. The van der Waals surface area contributed by atoms with E-state index in [4.69, 9.17) is 9.47 Å². The molecule has 0 fully saturated rings. The monoisotopic (exact) mass is 458 g/mol. The van der Waals surface area contributed by atoms with Gasteiger partial charge < -0.3 is 20.1 Å². The van der Waals surface area contributed by atoms with E-state index in [9.17, 15) is 19.2 Å². The van der Waals surface area contributed by atoms with E-state index in [0.29, 0.717) is 17.0 Å². The molecule has 0 aliphatic carbocycles. The maximum Gasteiger partial charge on any atom is 0.329 e. The van der Waals surface area contributed by atoms with E-state index in [1.165, 1.54) is 12.1 Å². The SMILES string of the molecule is O=C1COc2ccc(C(=O)COC(=O)C(Cc3ccccc3)NC(=O)c3ccccc3)cc2N1. The van der Waals surface area contributed by atoms with Crippen LogP contribution in [-0.2, 0) is 20.7 Å². The summed E-state index contributed by atoms with van der Waals surface area (Å²) in [5, 5.41) is 5.33. The van der Waals surface area contributed by atoms with Crippen LogP contribution in [0, 0.1) is 0 Å². The molecular formula is C26H22N2O6. The van der Waals surface area contributed by atoms with Crippen molar-refractivity contribution in [3.05, 3.63) is 95.6 Å². The third-order valence-electron chi connectivity index (χ3n) is 5.19. The van der Waals surface area contributed by atoms with Gasteiger partial charge >= 0.3 is 5.97 Å². The molecule has 34 heavy (non-hydrogen) atoms. The van der Waals surface area contributed by atoms with Gasteiger partial charge in [0.05, 0.1) is 5.69 Å². The smallest absolute Gasteiger partial charge is 0.329 e. The number of amides is 2. The molecule has 0 radical (unpaired) electrons. The molecule has 1 unspecified atom stereocenters. The Balaban J connectivity index is 1.43. The summed E-state index contributed by atoms with van der Waals surface area (Å²) in [5.74, 6) is -1.46.